The molecule has 2 aromatic carbocycles. The third-order valence-electron chi connectivity index (χ3n) is 2.62. The fourth-order valence-electron chi connectivity index (χ4n) is 1.69. The maximum absolute atomic E-state index is 6.37. The highest BCUT2D eigenvalue weighted by molar-refractivity contribution is 6.21. The number of nitrogens with two attached hydrogens (primary N) is 1. The zero-order valence-electron chi connectivity index (χ0n) is 8.88. The standard InChI is InChI=1S/C14H14ClN/c15-13(11-7-3-1-4-8-11)14(16)12-9-5-2-6-10-12/h1-10,13-14H,16H2. The predicted molar refractivity (Wildman–Crippen MR) is 68.4 cm³/mol. The topological polar surface area (TPSA) is 26.0 Å². The van der Waals surface area contributed by atoms with Crippen LogP contribution in [0.2, 0.25) is 0 Å². The van der Waals surface area contributed by atoms with E-state index in [0.29, 0.717) is 0 Å². The van der Waals surface area contributed by atoms with E-state index in [2.05, 4.69) is 0 Å². The van der Waals surface area contributed by atoms with Crippen molar-refractivity contribution in [3.8, 4) is 0 Å². The van der Waals surface area contributed by atoms with Crippen LogP contribution in [0.5, 0.6) is 0 Å². The Morgan fingerprint density at radius 2 is 1.19 bits per heavy atom. The van der Waals surface area contributed by atoms with Crippen molar-refractivity contribution < 1.29 is 0 Å². The van der Waals surface area contributed by atoms with Crippen LogP contribution in [0.3, 0.4) is 0 Å². The van der Waals surface area contributed by atoms with E-state index in [-0.39, 0.29) is 11.4 Å². The molecular formula is C14H14ClN. The van der Waals surface area contributed by atoms with Crippen molar-refractivity contribution in [3.05, 3.63) is 71.8 Å². The monoisotopic (exact) mass is 231 g/mol. The lowest BCUT2D eigenvalue weighted by Crippen LogP contribution is -2.15. The summed E-state index contributed by atoms with van der Waals surface area (Å²) < 4.78 is 0. The predicted octanol–water partition coefficient (Wildman–Crippen LogP) is 3.67. The smallest absolute Gasteiger partial charge is 0.0778 e. The molecule has 16 heavy (non-hydrogen) atoms. The molecule has 0 aromatic heterocycles. The second-order valence-corrected chi connectivity index (χ2v) is 4.22. The molecule has 1 nitrogen and oxygen atoms in total. The van der Waals surface area contributed by atoms with Crippen molar-refractivity contribution in [2.24, 2.45) is 5.73 Å². The highest BCUT2D eigenvalue weighted by Crippen LogP contribution is 2.32. The Labute approximate surface area is 101 Å². The van der Waals surface area contributed by atoms with Crippen LogP contribution < -0.4 is 5.73 Å². The first kappa shape index (κ1) is 11.2. The largest absolute Gasteiger partial charge is 0.322 e. The van der Waals surface area contributed by atoms with Gasteiger partial charge in [-0.25, -0.2) is 0 Å². The van der Waals surface area contributed by atoms with Crippen LogP contribution in [0, 0.1) is 0 Å². The first-order valence-electron chi connectivity index (χ1n) is 5.28. The summed E-state index contributed by atoms with van der Waals surface area (Å²) in [5.41, 5.74) is 8.26. The fourth-order valence-corrected chi connectivity index (χ4v) is 1.98. The summed E-state index contributed by atoms with van der Waals surface area (Å²) in [6.45, 7) is 0. The van der Waals surface area contributed by atoms with Crippen molar-refractivity contribution >= 4 is 11.6 Å². The van der Waals surface area contributed by atoms with Gasteiger partial charge in [0.2, 0.25) is 0 Å². The molecule has 0 heterocycles. The molecule has 2 rings (SSSR count). The molecule has 0 fully saturated rings. The van der Waals surface area contributed by atoms with E-state index < -0.39 is 0 Å². The summed E-state index contributed by atoms with van der Waals surface area (Å²) in [4.78, 5) is 0. The zero-order valence-corrected chi connectivity index (χ0v) is 9.64. The number of alkyl halides is 1. The average Bonchev–Trinajstić information content (AvgIpc) is 2.39. The molecule has 0 radical (unpaired) electrons. The average molecular weight is 232 g/mol. The normalized spacial score (nSPS) is 14.4. The van der Waals surface area contributed by atoms with Crippen LogP contribution in [-0.2, 0) is 0 Å². The lowest BCUT2D eigenvalue weighted by molar-refractivity contribution is 0.697. The fraction of sp³-hybridized carbons (Fsp3) is 0.143. The minimum atomic E-state index is -0.191. The first-order valence-corrected chi connectivity index (χ1v) is 5.72. The van der Waals surface area contributed by atoms with Crippen LogP contribution in [0.4, 0.5) is 0 Å². The highest BCUT2D eigenvalue weighted by Gasteiger charge is 2.18. The molecule has 2 unspecified atom stereocenters. The minimum Gasteiger partial charge on any atom is -0.322 e. The van der Waals surface area contributed by atoms with Gasteiger partial charge in [0.25, 0.3) is 0 Å². The lowest BCUT2D eigenvalue weighted by atomic mass is 9.99. The van der Waals surface area contributed by atoms with E-state index >= 15 is 0 Å². The number of benzene rings is 2. The molecule has 0 bridgehead atoms. The molecule has 2 aromatic rings. The Morgan fingerprint density at radius 3 is 1.69 bits per heavy atom. The SMILES string of the molecule is NC(c1ccccc1)C(Cl)c1ccccc1. The van der Waals surface area contributed by atoms with Crippen LogP contribution in [0.25, 0.3) is 0 Å². The maximum atomic E-state index is 6.37. The summed E-state index contributed by atoms with van der Waals surface area (Å²) in [7, 11) is 0. The van der Waals surface area contributed by atoms with E-state index in [0.717, 1.165) is 11.1 Å². The molecule has 0 saturated heterocycles. The molecule has 0 aliphatic heterocycles. The van der Waals surface area contributed by atoms with Crippen LogP contribution in [-0.4, -0.2) is 0 Å². The van der Waals surface area contributed by atoms with Crippen LogP contribution in [0.15, 0.2) is 60.7 Å². The van der Waals surface area contributed by atoms with Gasteiger partial charge in [0.15, 0.2) is 0 Å². The summed E-state index contributed by atoms with van der Waals surface area (Å²) in [5.74, 6) is 0. The number of halogens is 1. The van der Waals surface area contributed by atoms with Crippen LogP contribution >= 0.6 is 11.6 Å². The number of hydrogen-bond donors (Lipinski definition) is 1. The molecule has 0 aliphatic rings. The van der Waals surface area contributed by atoms with Crippen molar-refractivity contribution in [2.75, 3.05) is 0 Å². The number of hydrogen-bond acceptors (Lipinski definition) is 1. The zero-order chi connectivity index (χ0) is 11.4. The van der Waals surface area contributed by atoms with Crippen molar-refractivity contribution in [1.82, 2.24) is 0 Å². The molecule has 82 valence electrons. The van der Waals surface area contributed by atoms with E-state index in [4.69, 9.17) is 17.3 Å². The lowest BCUT2D eigenvalue weighted by Gasteiger charge is -2.18. The van der Waals surface area contributed by atoms with Gasteiger partial charge in [-0.3, -0.25) is 0 Å². The first-order chi connectivity index (χ1) is 7.79. The highest BCUT2D eigenvalue weighted by atomic mass is 35.5. The van der Waals surface area contributed by atoms with E-state index in [1.54, 1.807) is 0 Å². The van der Waals surface area contributed by atoms with E-state index in [9.17, 15) is 0 Å². The van der Waals surface area contributed by atoms with Crippen molar-refractivity contribution in [2.45, 2.75) is 11.4 Å². The van der Waals surface area contributed by atoms with Gasteiger partial charge >= 0.3 is 0 Å². The van der Waals surface area contributed by atoms with Gasteiger partial charge in [-0.2, -0.15) is 0 Å². The Balaban J connectivity index is 2.20. The van der Waals surface area contributed by atoms with Gasteiger partial charge < -0.3 is 5.73 Å². The third-order valence-corrected chi connectivity index (χ3v) is 3.14. The summed E-state index contributed by atoms with van der Waals surface area (Å²) in [6, 6.07) is 19.7. The van der Waals surface area contributed by atoms with Gasteiger partial charge in [0.05, 0.1) is 11.4 Å². The third kappa shape index (κ3) is 2.43. The van der Waals surface area contributed by atoms with Gasteiger partial charge in [-0.05, 0) is 11.1 Å². The maximum Gasteiger partial charge on any atom is 0.0778 e. The minimum absolute atomic E-state index is 0.176. The van der Waals surface area contributed by atoms with Gasteiger partial charge in [-0.15, -0.1) is 11.6 Å². The molecule has 0 amide bonds. The van der Waals surface area contributed by atoms with E-state index in [1.807, 2.05) is 60.7 Å². The molecule has 0 spiro atoms. The van der Waals surface area contributed by atoms with Crippen molar-refractivity contribution in [1.29, 1.82) is 0 Å². The van der Waals surface area contributed by atoms with Gasteiger partial charge in [0.1, 0.15) is 0 Å². The Kier molecular flexibility index (Phi) is 3.60. The second-order valence-electron chi connectivity index (χ2n) is 3.75. The molecule has 2 N–H and O–H groups in total. The van der Waals surface area contributed by atoms with Crippen LogP contribution in [0.1, 0.15) is 22.5 Å². The quantitative estimate of drug-likeness (QED) is 0.802. The van der Waals surface area contributed by atoms with Gasteiger partial charge in [0, 0.05) is 0 Å². The number of rotatable bonds is 3. The van der Waals surface area contributed by atoms with Gasteiger partial charge in [-0.1, -0.05) is 60.7 Å². The Morgan fingerprint density at radius 1 is 0.750 bits per heavy atom. The molecule has 2 heteroatoms. The molecule has 2 atom stereocenters. The Hall–Kier alpha value is -1.31. The molecular weight excluding hydrogens is 218 g/mol. The van der Waals surface area contributed by atoms with Crippen molar-refractivity contribution in [3.63, 3.8) is 0 Å². The Bertz CT molecular complexity index is 384. The summed E-state index contributed by atoms with van der Waals surface area (Å²) >= 11 is 6.37. The summed E-state index contributed by atoms with van der Waals surface area (Å²) in [5, 5.41) is -0.191. The molecule has 0 saturated carbocycles. The second kappa shape index (κ2) is 5.15. The summed E-state index contributed by atoms with van der Waals surface area (Å²) in [6.07, 6.45) is 0. The molecule has 0 aliphatic carbocycles. The van der Waals surface area contributed by atoms with E-state index in [1.165, 1.54) is 0 Å².